The summed E-state index contributed by atoms with van der Waals surface area (Å²) < 4.78 is 7.35. The predicted molar refractivity (Wildman–Crippen MR) is 150 cm³/mol. The van der Waals surface area contributed by atoms with Gasteiger partial charge < -0.3 is 20.6 Å². The number of nitrogens with two attached hydrogens (primary N) is 1. The van der Waals surface area contributed by atoms with Crippen LogP contribution in [0, 0.1) is 6.92 Å². The second-order valence-corrected chi connectivity index (χ2v) is 9.33. The fourth-order valence-electron chi connectivity index (χ4n) is 4.44. The number of hydrogen-bond acceptors (Lipinski definition) is 9. The third kappa shape index (κ3) is 5.09. The van der Waals surface area contributed by atoms with Crippen LogP contribution in [-0.2, 0) is 11.3 Å². The number of nitrogens with one attached hydrogen (secondary N) is 1. The van der Waals surface area contributed by atoms with Crippen LogP contribution in [0.15, 0.2) is 76.2 Å². The Hall–Kier alpha value is -5.16. The number of aromatic nitrogens is 5. The van der Waals surface area contributed by atoms with Crippen molar-refractivity contribution in [3.63, 3.8) is 0 Å². The highest BCUT2D eigenvalue weighted by atomic mass is 16.4. The number of benzene rings is 2. The standard InChI is InChI=1S/C29H27N7O4/c1-16-12-18(13-31-3)8-10-20(16)27-34-35-28(40-27)25-26(30)32-14-22(33-25)19-9-11-24(37)36(15-19)23-7-5-4-6-21(23)17(2)29(38)39/h4-12,14-15,17,31H,13H2,1-3H3,(H2,30,32)(H,38,39). The van der Waals surface area contributed by atoms with E-state index in [2.05, 4.69) is 31.5 Å². The largest absolute Gasteiger partial charge is 0.481 e. The summed E-state index contributed by atoms with van der Waals surface area (Å²) in [6.07, 6.45) is 3.08. The molecule has 0 aliphatic carbocycles. The maximum absolute atomic E-state index is 12.8. The van der Waals surface area contributed by atoms with E-state index in [9.17, 15) is 14.7 Å². The quantitative estimate of drug-likeness (QED) is 0.265. The number of carbonyl (C=O) groups is 1. The molecule has 0 saturated carbocycles. The van der Waals surface area contributed by atoms with Gasteiger partial charge in [-0.3, -0.25) is 14.2 Å². The summed E-state index contributed by atoms with van der Waals surface area (Å²) in [6.45, 7) is 4.29. The van der Waals surface area contributed by atoms with Crippen molar-refractivity contribution in [2.75, 3.05) is 12.8 Å². The number of carboxylic acid groups (broad SMARTS) is 1. The number of aryl methyl sites for hydroxylation is 1. The minimum atomic E-state index is -0.992. The lowest BCUT2D eigenvalue weighted by molar-refractivity contribution is -0.138. The van der Waals surface area contributed by atoms with Crippen LogP contribution in [0.5, 0.6) is 0 Å². The molecule has 3 heterocycles. The highest BCUT2D eigenvalue weighted by Gasteiger charge is 2.20. The van der Waals surface area contributed by atoms with Gasteiger partial charge in [0.25, 0.3) is 11.4 Å². The highest BCUT2D eigenvalue weighted by molar-refractivity contribution is 5.77. The maximum atomic E-state index is 12.8. The van der Waals surface area contributed by atoms with Crippen LogP contribution in [0.25, 0.3) is 40.0 Å². The molecule has 1 unspecified atom stereocenters. The average molecular weight is 538 g/mol. The minimum Gasteiger partial charge on any atom is -0.481 e. The van der Waals surface area contributed by atoms with E-state index in [1.807, 2.05) is 26.1 Å². The first-order valence-electron chi connectivity index (χ1n) is 12.5. The molecule has 0 aliphatic heterocycles. The molecule has 5 aromatic rings. The van der Waals surface area contributed by atoms with Crippen molar-refractivity contribution in [2.45, 2.75) is 26.3 Å². The number of nitrogens with zero attached hydrogens (tertiary/aromatic N) is 5. The molecule has 5 rings (SSSR count). The fourth-order valence-corrected chi connectivity index (χ4v) is 4.44. The molecule has 0 spiro atoms. The Morgan fingerprint density at radius 1 is 1.12 bits per heavy atom. The van der Waals surface area contributed by atoms with Crippen molar-refractivity contribution in [3.8, 4) is 40.0 Å². The van der Waals surface area contributed by atoms with Crippen molar-refractivity contribution in [1.82, 2.24) is 30.0 Å². The smallest absolute Gasteiger partial charge is 0.310 e. The van der Waals surface area contributed by atoms with Gasteiger partial charge in [0.15, 0.2) is 11.5 Å². The molecule has 11 heteroatoms. The molecule has 0 fully saturated rings. The minimum absolute atomic E-state index is 0.106. The predicted octanol–water partition coefficient (Wildman–Crippen LogP) is 3.81. The van der Waals surface area contributed by atoms with Crippen LogP contribution in [0.3, 0.4) is 0 Å². The first-order chi connectivity index (χ1) is 19.3. The SMILES string of the molecule is CNCc1ccc(-c2nnc(-c3nc(-c4ccc(=O)n(-c5ccccc5C(C)C(=O)O)c4)cnc3N)o2)c(C)c1. The highest BCUT2D eigenvalue weighted by Crippen LogP contribution is 2.30. The second-order valence-electron chi connectivity index (χ2n) is 9.33. The average Bonchev–Trinajstić information content (AvgIpc) is 3.43. The molecule has 0 amide bonds. The lowest BCUT2D eigenvalue weighted by Crippen LogP contribution is -2.20. The van der Waals surface area contributed by atoms with Crippen molar-refractivity contribution >= 4 is 11.8 Å². The second kappa shape index (κ2) is 10.9. The number of nitrogen functional groups attached to an aromatic ring is 1. The zero-order valence-electron chi connectivity index (χ0n) is 22.1. The van der Waals surface area contributed by atoms with Gasteiger partial charge in [-0.15, -0.1) is 10.2 Å². The molecule has 0 radical (unpaired) electrons. The Kier molecular flexibility index (Phi) is 7.21. The number of carboxylic acids is 1. The van der Waals surface area contributed by atoms with Gasteiger partial charge in [-0.1, -0.05) is 30.3 Å². The molecule has 0 saturated heterocycles. The van der Waals surface area contributed by atoms with E-state index >= 15 is 0 Å². The molecule has 40 heavy (non-hydrogen) atoms. The topological polar surface area (TPSA) is 162 Å². The van der Waals surface area contributed by atoms with Crippen LogP contribution in [0.4, 0.5) is 5.82 Å². The van der Waals surface area contributed by atoms with E-state index in [0.717, 1.165) is 23.2 Å². The summed E-state index contributed by atoms with van der Waals surface area (Å²) in [6, 6.07) is 15.8. The number of hydrogen-bond donors (Lipinski definition) is 3. The molecule has 0 aliphatic rings. The first-order valence-corrected chi connectivity index (χ1v) is 12.5. The Labute approximate surface area is 229 Å². The zero-order valence-corrected chi connectivity index (χ0v) is 22.1. The third-order valence-corrected chi connectivity index (χ3v) is 6.57. The van der Waals surface area contributed by atoms with Gasteiger partial charge in [0.2, 0.25) is 5.89 Å². The molecule has 11 nitrogen and oxygen atoms in total. The van der Waals surface area contributed by atoms with E-state index in [1.165, 1.54) is 16.8 Å². The van der Waals surface area contributed by atoms with E-state index in [-0.39, 0.29) is 23.0 Å². The Bertz CT molecular complexity index is 1780. The summed E-state index contributed by atoms with van der Waals surface area (Å²) in [5.74, 6) is -1.27. The molecule has 3 aromatic heterocycles. The van der Waals surface area contributed by atoms with Crippen molar-refractivity contribution in [1.29, 1.82) is 0 Å². The normalized spacial score (nSPS) is 11.9. The van der Waals surface area contributed by atoms with Gasteiger partial charge in [0.1, 0.15) is 0 Å². The van der Waals surface area contributed by atoms with Gasteiger partial charge in [-0.2, -0.15) is 0 Å². The van der Waals surface area contributed by atoms with Crippen molar-refractivity contribution in [3.05, 3.63) is 94.0 Å². The molecular formula is C29H27N7O4. The molecule has 202 valence electrons. The maximum Gasteiger partial charge on any atom is 0.310 e. The third-order valence-electron chi connectivity index (χ3n) is 6.57. The lowest BCUT2D eigenvalue weighted by atomic mass is 9.99. The van der Waals surface area contributed by atoms with Gasteiger partial charge in [-0.25, -0.2) is 9.97 Å². The van der Waals surface area contributed by atoms with Crippen LogP contribution < -0.4 is 16.6 Å². The molecule has 1 atom stereocenters. The van der Waals surface area contributed by atoms with Crippen molar-refractivity contribution in [2.24, 2.45) is 0 Å². The molecule has 2 aromatic carbocycles. The van der Waals surface area contributed by atoms with Crippen molar-refractivity contribution < 1.29 is 14.3 Å². The Morgan fingerprint density at radius 3 is 2.65 bits per heavy atom. The molecule has 4 N–H and O–H groups in total. The number of aliphatic carboxylic acids is 1. The summed E-state index contributed by atoms with van der Waals surface area (Å²) >= 11 is 0. The van der Waals surface area contributed by atoms with Gasteiger partial charge in [0.05, 0.1) is 23.5 Å². The monoisotopic (exact) mass is 537 g/mol. The zero-order chi connectivity index (χ0) is 28.4. The summed E-state index contributed by atoms with van der Waals surface area (Å²) in [5, 5.41) is 21.0. The summed E-state index contributed by atoms with van der Waals surface area (Å²) in [4.78, 5) is 33.4. The fraction of sp³-hybridized carbons (Fsp3) is 0.172. The van der Waals surface area contributed by atoms with Crippen LogP contribution in [0.2, 0.25) is 0 Å². The van der Waals surface area contributed by atoms with Crippen LogP contribution in [0.1, 0.15) is 29.5 Å². The number of para-hydroxylation sites is 1. The van der Waals surface area contributed by atoms with E-state index in [0.29, 0.717) is 28.4 Å². The number of rotatable bonds is 8. The first kappa shape index (κ1) is 26.4. The van der Waals surface area contributed by atoms with E-state index in [4.69, 9.17) is 10.2 Å². The van der Waals surface area contributed by atoms with Gasteiger partial charge in [-0.05, 0) is 55.8 Å². The van der Waals surface area contributed by atoms with Gasteiger partial charge >= 0.3 is 5.97 Å². The number of pyridine rings is 1. The number of anilines is 1. The Balaban J connectivity index is 1.53. The van der Waals surface area contributed by atoms with Gasteiger partial charge in [0, 0.05) is 29.9 Å². The van der Waals surface area contributed by atoms with Crippen LogP contribution in [-0.4, -0.2) is 42.9 Å². The Morgan fingerprint density at radius 2 is 1.90 bits per heavy atom. The van der Waals surface area contributed by atoms with E-state index < -0.39 is 11.9 Å². The van der Waals surface area contributed by atoms with E-state index in [1.54, 1.807) is 43.5 Å². The molecule has 0 bridgehead atoms. The molecular weight excluding hydrogens is 510 g/mol. The summed E-state index contributed by atoms with van der Waals surface area (Å²) in [5.41, 5.74) is 10.9. The lowest BCUT2D eigenvalue weighted by Gasteiger charge is -2.15. The summed E-state index contributed by atoms with van der Waals surface area (Å²) in [7, 11) is 1.89. The van der Waals surface area contributed by atoms with Crippen LogP contribution >= 0.6 is 0 Å².